The third kappa shape index (κ3) is 15.6. The molecular formula is C33H47CoNO4P2+2. The summed E-state index contributed by atoms with van der Waals surface area (Å²) in [7, 11) is -0.724. The molecule has 0 N–H and O–H groups in total. The zero-order chi connectivity index (χ0) is 30.2. The molecule has 2 aromatic carbocycles. The summed E-state index contributed by atoms with van der Waals surface area (Å²) in [6.45, 7) is 19.1. The quantitative estimate of drug-likeness (QED) is 0.244. The molecule has 0 aliphatic heterocycles. The van der Waals surface area contributed by atoms with Gasteiger partial charge in [0.2, 0.25) is 0 Å². The van der Waals surface area contributed by atoms with E-state index in [9.17, 15) is 19.8 Å². The maximum atomic E-state index is 10.1. The first-order chi connectivity index (χ1) is 18.8. The van der Waals surface area contributed by atoms with Crippen molar-refractivity contribution in [3.05, 3.63) is 101 Å². The first-order valence-corrected chi connectivity index (χ1v) is 17.7. The van der Waals surface area contributed by atoms with E-state index in [4.69, 9.17) is 4.98 Å². The number of carbonyl (C=O) groups is 2. The molecule has 0 unspecified atom stereocenters. The predicted molar refractivity (Wildman–Crippen MR) is 170 cm³/mol. The molecule has 0 fully saturated rings. The summed E-state index contributed by atoms with van der Waals surface area (Å²) in [5.41, 5.74) is 6.39. The Balaban J connectivity index is 0.000000688. The summed E-state index contributed by atoms with van der Waals surface area (Å²) in [4.78, 5) is 25.2. The second-order valence-electron chi connectivity index (χ2n) is 11.0. The molecular weight excluding hydrogens is 595 g/mol. The van der Waals surface area contributed by atoms with Crippen molar-refractivity contribution < 1.29 is 36.6 Å². The largest absolute Gasteiger partial charge is 2.00 e. The van der Waals surface area contributed by atoms with Crippen molar-refractivity contribution in [3.63, 3.8) is 0 Å². The molecule has 0 aliphatic rings. The van der Waals surface area contributed by atoms with Gasteiger partial charge in [-0.15, -0.1) is 0 Å². The van der Waals surface area contributed by atoms with Crippen molar-refractivity contribution in [1.82, 2.24) is 4.98 Å². The Hall–Kier alpha value is -2.10. The van der Waals surface area contributed by atoms with Crippen molar-refractivity contribution in [2.24, 2.45) is 0 Å². The fraction of sp³-hybridized carbons (Fsp3) is 0.424. The van der Waals surface area contributed by atoms with Crippen LogP contribution in [0.15, 0.2) is 78.9 Å². The van der Waals surface area contributed by atoms with Crippen LogP contribution in [0.4, 0.5) is 0 Å². The molecule has 0 aliphatic carbocycles. The molecule has 8 heteroatoms. The van der Waals surface area contributed by atoms with Crippen molar-refractivity contribution in [2.45, 2.75) is 90.3 Å². The summed E-state index contributed by atoms with van der Waals surface area (Å²) in [5, 5.41) is 20.2. The minimum Gasteiger partial charge on any atom is -0.545 e. The number of hydrogen-bond acceptors (Lipinski definition) is 5. The molecule has 225 valence electrons. The van der Waals surface area contributed by atoms with Crippen LogP contribution in [-0.4, -0.2) is 39.6 Å². The molecule has 0 saturated carbocycles. The van der Waals surface area contributed by atoms with Gasteiger partial charge >= 0.3 is 16.8 Å². The van der Waals surface area contributed by atoms with Crippen LogP contribution < -0.4 is 10.2 Å². The van der Waals surface area contributed by atoms with Gasteiger partial charge in [0.15, 0.2) is 0 Å². The number of aromatic nitrogens is 1. The SMILES string of the molecule is CC(C)[PH+](Cc1cccc(C[PH+](C(C)C)C(C)C)n1)C(C)C.O=C([O-])c1ccccc1.O=C([O-])c1ccccc1.[Co+2]. The maximum Gasteiger partial charge on any atom is 2.00 e. The molecule has 1 radical (unpaired) electrons. The van der Waals surface area contributed by atoms with Crippen LogP contribution in [0.25, 0.3) is 0 Å². The zero-order valence-electron chi connectivity index (χ0n) is 25.6. The molecule has 5 nitrogen and oxygen atoms in total. The standard InChI is InChI=1S/C19H35NP2.2C7H6O2.Co/c1-14(2)21(15(3)4)12-18-10-9-11-19(20-18)13-22(16(5)6)17(7)8;2*8-7(9)6-4-2-1-3-5-6;/h9-11,14-17H,12-13H2,1-8H3;2*1-5H,(H,8,9);/q;;;+2. The van der Waals surface area contributed by atoms with E-state index in [1.165, 1.54) is 48.0 Å². The van der Waals surface area contributed by atoms with E-state index in [-0.39, 0.29) is 43.7 Å². The molecule has 3 rings (SSSR count). The molecule has 0 spiro atoms. The van der Waals surface area contributed by atoms with E-state index in [1.807, 2.05) is 0 Å². The zero-order valence-corrected chi connectivity index (χ0v) is 28.7. The van der Waals surface area contributed by atoms with Gasteiger partial charge in [-0.3, -0.25) is 4.98 Å². The smallest absolute Gasteiger partial charge is 0.545 e. The fourth-order valence-corrected chi connectivity index (χ4v) is 9.97. The molecule has 0 amide bonds. The summed E-state index contributed by atoms with van der Waals surface area (Å²) in [6.07, 6.45) is 2.44. The Kier molecular flexibility index (Phi) is 19.7. The number of pyridine rings is 1. The molecule has 41 heavy (non-hydrogen) atoms. The van der Waals surface area contributed by atoms with Crippen LogP contribution in [-0.2, 0) is 29.1 Å². The van der Waals surface area contributed by atoms with Crippen LogP contribution >= 0.6 is 15.8 Å². The molecule has 0 bridgehead atoms. The number of benzene rings is 2. The minimum absolute atomic E-state index is 0. The van der Waals surface area contributed by atoms with Crippen LogP contribution in [0.5, 0.6) is 0 Å². The number of hydrogen-bond donors (Lipinski definition) is 0. The van der Waals surface area contributed by atoms with E-state index in [0.29, 0.717) is 0 Å². The Labute approximate surface area is 260 Å². The van der Waals surface area contributed by atoms with Gasteiger partial charge in [-0.1, -0.05) is 66.7 Å². The van der Waals surface area contributed by atoms with Gasteiger partial charge in [-0.2, -0.15) is 0 Å². The number of carboxylic acids is 2. The van der Waals surface area contributed by atoms with Crippen LogP contribution in [0, 0.1) is 0 Å². The van der Waals surface area contributed by atoms with E-state index < -0.39 is 11.9 Å². The molecule has 3 aromatic rings. The number of carbonyl (C=O) groups excluding carboxylic acids is 2. The predicted octanol–water partition coefficient (Wildman–Crippen LogP) is 6.24. The number of nitrogens with zero attached hydrogens (tertiary/aromatic N) is 1. The minimum atomic E-state index is -1.13. The van der Waals surface area contributed by atoms with Gasteiger partial charge in [0, 0.05) is 15.8 Å². The van der Waals surface area contributed by atoms with Gasteiger partial charge in [0.25, 0.3) is 0 Å². The Morgan fingerprint density at radius 3 is 1.07 bits per heavy atom. The van der Waals surface area contributed by atoms with E-state index >= 15 is 0 Å². The second-order valence-corrected chi connectivity index (χ2v) is 18.7. The normalized spacial score (nSPS) is 10.7. The van der Waals surface area contributed by atoms with Crippen LogP contribution in [0.2, 0.25) is 0 Å². The van der Waals surface area contributed by atoms with Crippen molar-refractivity contribution in [3.8, 4) is 0 Å². The van der Waals surface area contributed by atoms with Crippen LogP contribution in [0.1, 0.15) is 87.5 Å². The van der Waals surface area contributed by atoms with Crippen molar-refractivity contribution in [2.75, 3.05) is 0 Å². The molecule has 1 heterocycles. The summed E-state index contributed by atoms with van der Waals surface area (Å²) in [5.74, 6) is -2.26. The van der Waals surface area contributed by atoms with Gasteiger partial charge in [-0.05, 0) is 78.6 Å². The Bertz CT molecular complexity index is 1040. The number of carboxylic acid groups (broad SMARTS) is 2. The Morgan fingerprint density at radius 1 is 0.561 bits per heavy atom. The fourth-order valence-electron chi connectivity index (χ4n) is 4.44. The van der Waals surface area contributed by atoms with Crippen molar-refractivity contribution in [1.29, 1.82) is 0 Å². The van der Waals surface area contributed by atoms with Gasteiger partial charge in [0.05, 0.1) is 58.3 Å². The summed E-state index contributed by atoms with van der Waals surface area (Å²) < 4.78 is 0. The van der Waals surface area contributed by atoms with E-state index in [0.717, 1.165) is 22.6 Å². The topological polar surface area (TPSA) is 93.2 Å². The Morgan fingerprint density at radius 2 is 0.854 bits per heavy atom. The third-order valence-electron chi connectivity index (χ3n) is 6.62. The van der Waals surface area contributed by atoms with Gasteiger partial charge in [0.1, 0.15) is 0 Å². The summed E-state index contributed by atoms with van der Waals surface area (Å²) >= 11 is 0. The average Bonchev–Trinajstić information content (AvgIpc) is 2.91. The monoisotopic (exact) mass is 642 g/mol. The van der Waals surface area contributed by atoms with Crippen molar-refractivity contribution >= 4 is 27.8 Å². The first kappa shape index (κ1) is 38.9. The van der Waals surface area contributed by atoms with Crippen LogP contribution in [0.3, 0.4) is 0 Å². The van der Waals surface area contributed by atoms with E-state index in [2.05, 4.69) is 73.6 Å². The molecule has 0 saturated heterocycles. The second kappa shape index (κ2) is 20.7. The van der Waals surface area contributed by atoms with E-state index in [1.54, 1.807) is 36.4 Å². The maximum absolute atomic E-state index is 10.1. The molecule has 0 atom stereocenters. The van der Waals surface area contributed by atoms with Gasteiger partial charge < -0.3 is 19.8 Å². The number of rotatable bonds is 10. The first-order valence-electron chi connectivity index (χ1n) is 14.0. The van der Waals surface area contributed by atoms with Gasteiger partial charge in [-0.25, -0.2) is 0 Å². The third-order valence-corrected chi connectivity index (χ3v) is 14.1. The number of aromatic carboxylic acids is 2. The summed E-state index contributed by atoms with van der Waals surface area (Å²) in [6, 6.07) is 22.9. The average molecular weight is 643 g/mol. The molecule has 1 aromatic heterocycles.